The largest absolute Gasteiger partial charge is 0.396 e. The number of hydrogen-bond donors (Lipinski definition) is 2. The van der Waals surface area contributed by atoms with Gasteiger partial charge in [-0.2, -0.15) is 11.3 Å². The van der Waals surface area contributed by atoms with Gasteiger partial charge in [0.15, 0.2) is 11.5 Å². The average Bonchev–Trinajstić information content (AvgIpc) is 3.33. The lowest BCUT2D eigenvalue weighted by molar-refractivity contribution is 0.0943. The summed E-state index contributed by atoms with van der Waals surface area (Å²) in [5.41, 5.74) is 2.36. The molecule has 0 aliphatic heterocycles. The van der Waals surface area contributed by atoms with E-state index in [9.17, 15) is 9.90 Å². The van der Waals surface area contributed by atoms with Crippen LogP contribution < -0.4 is 5.32 Å². The van der Waals surface area contributed by atoms with Crippen LogP contribution in [0.15, 0.2) is 57.7 Å². The molecular formula is C19H20N2O3S. The predicted octanol–water partition coefficient (Wildman–Crippen LogP) is 3.69. The molecule has 2 aromatic heterocycles. The standard InChI is InChI=1S/C19H20N2O3S/c22-10-7-14(16-8-11-25-13-16)6-9-20-19(23)17-12-18(24-21-17)15-4-2-1-3-5-15/h1-5,8,11-14,22H,6-7,9-10H2,(H,20,23)/t14-/m1/s1. The summed E-state index contributed by atoms with van der Waals surface area (Å²) in [6.07, 6.45) is 1.46. The molecule has 0 aliphatic rings. The zero-order valence-corrected chi connectivity index (χ0v) is 14.5. The second-order valence-corrected chi connectivity index (χ2v) is 6.53. The Kier molecular flexibility index (Phi) is 5.98. The van der Waals surface area contributed by atoms with Crippen LogP contribution in [0.4, 0.5) is 0 Å². The van der Waals surface area contributed by atoms with Gasteiger partial charge in [0.1, 0.15) is 0 Å². The average molecular weight is 356 g/mol. The first kappa shape index (κ1) is 17.4. The van der Waals surface area contributed by atoms with Gasteiger partial charge in [0.05, 0.1) is 0 Å². The minimum absolute atomic E-state index is 0.137. The monoisotopic (exact) mass is 356 g/mol. The molecule has 0 fully saturated rings. The molecule has 130 valence electrons. The lowest BCUT2D eigenvalue weighted by Gasteiger charge is -2.14. The summed E-state index contributed by atoms with van der Waals surface area (Å²) in [4.78, 5) is 12.2. The molecule has 2 heterocycles. The second-order valence-electron chi connectivity index (χ2n) is 5.75. The van der Waals surface area contributed by atoms with E-state index in [0.717, 1.165) is 12.0 Å². The predicted molar refractivity (Wildman–Crippen MR) is 97.7 cm³/mol. The van der Waals surface area contributed by atoms with E-state index in [4.69, 9.17) is 4.52 Å². The minimum Gasteiger partial charge on any atom is -0.396 e. The highest BCUT2D eigenvalue weighted by Crippen LogP contribution is 2.25. The molecule has 0 aliphatic carbocycles. The molecule has 0 unspecified atom stereocenters. The fraction of sp³-hybridized carbons (Fsp3) is 0.263. The van der Waals surface area contributed by atoms with Crippen molar-refractivity contribution in [3.63, 3.8) is 0 Å². The SMILES string of the molecule is O=C(NCC[C@H](CCO)c1ccsc1)c1cc(-c2ccccc2)on1. The van der Waals surface area contributed by atoms with Crippen LogP contribution in [0.1, 0.15) is 34.8 Å². The van der Waals surface area contributed by atoms with Gasteiger partial charge in [-0.25, -0.2) is 0 Å². The van der Waals surface area contributed by atoms with Gasteiger partial charge in [-0.15, -0.1) is 0 Å². The number of amides is 1. The quantitative estimate of drug-likeness (QED) is 0.645. The maximum Gasteiger partial charge on any atom is 0.273 e. The normalized spacial score (nSPS) is 12.0. The maximum atomic E-state index is 12.2. The number of thiophene rings is 1. The molecule has 0 saturated heterocycles. The van der Waals surface area contributed by atoms with Gasteiger partial charge in [-0.1, -0.05) is 35.5 Å². The number of carbonyl (C=O) groups is 1. The molecule has 1 amide bonds. The molecule has 5 nitrogen and oxygen atoms in total. The fourth-order valence-electron chi connectivity index (χ4n) is 2.71. The Labute approximate surface area is 150 Å². The van der Waals surface area contributed by atoms with Crippen molar-refractivity contribution in [3.8, 4) is 11.3 Å². The zero-order valence-electron chi connectivity index (χ0n) is 13.7. The number of nitrogens with zero attached hydrogens (tertiary/aromatic N) is 1. The van der Waals surface area contributed by atoms with Gasteiger partial charge < -0.3 is 14.9 Å². The van der Waals surface area contributed by atoms with E-state index in [0.29, 0.717) is 18.7 Å². The summed E-state index contributed by atoms with van der Waals surface area (Å²) in [5.74, 6) is 0.565. The molecule has 3 aromatic rings. The molecule has 1 aromatic carbocycles. The fourth-order valence-corrected chi connectivity index (χ4v) is 3.45. The van der Waals surface area contributed by atoms with E-state index in [2.05, 4.69) is 21.9 Å². The maximum absolute atomic E-state index is 12.2. The van der Waals surface area contributed by atoms with E-state index in [1.807, 2.05) is 35.7 Å². The lowest BCUT2D eigenvalue weighted by Crippen LogP contribution is -2.26. The first-order valence-corrected chi connectivity index (χ1v) is 9.15. The van der Waals surface area contributed by atoms with Crippen molar-refractivity contribution in [2.45, 2.75) is 18.8 Å². The van der Waals surface area contributed by atoms with Crippen LogP contribution in [0.2, 0.25) is 0 Å². The number of benzene rings is 1. The van der Waals surface area contributed by atoms with Crippen LogP contribution in [0.25, 0.3) is 11.3 Å². The summed E-state index contributed by atoms with van der Waals surface area (Å²) in [6.45, 7) is 0.658. The third-order valence-electron chi connectivity index (χ3n) is 4.07. The minimum atomic E-state index is -0.251. The Morgan fingerprint density at radius 3 is 2.80 bits per heavy atom. The molecule has 0 spiro atoms. The number of nitrogens with one attached hydrogen (secondary N) is 1. The summed E-state index contributed by atoms with van der Waals surface area (Å²) >= 11 is 1.64. The number of carbonyl (C=O) groups excluding carboxylic acids is 1. The molecule has 0 radical (unpaired) electrons. The van der Waals surface area contributed by atoms with Gasteiger partial charge in [0.2, 0.25) is 0 Å². The molecule has 0 bridgehead atoms. The Bertz CT molecular complexity index is 784. The molecule has 0 saturated carbocycles. The smallest absolute Gasteiger partial charge is 0.273 e. The van der Waals surface area contributed by atoms with Crippen LogP contribution in [-0.4, -0.2) is 29.3 Å². The van der Waals surface area contributed by atoms with Crippen molar-refractivity contribution < 1.29 is 14.4 Å². The number of rotatable bonds is 8. The van der Waals surface area contributed by atoms with Crippen molar-refractivity contribution >= 4 is 17.2 Å². The van der Waals surface area contributed by atoms with E-state index in [1.165, 1.54) is 5.56 Å². The van der Waals surface area contributed by atoms with Gasteiger partial charge in [-0.3, -0.25) is 4.79 Å². The zero-order chi connectivity index (χ0) is 17.5. The molecule has 6 heteroatoms. The van der Waals surface area contributed by atoms with Crippen LogP contribution >= 0.6 is 11.3 Å². The third kappa shape index (κ3) is 4.55. The summed E-state index contributed by atoms with van der Waals surface area (Å²) < 4.78 is 5.25. The van der Waals surface area contributed by atoms with Crippen LogP contribution in [0.3, 0.4) is 0 Å². The van der Waals surface area contributed by atoms with Crippen LogP contribution in [0.5, 0.6) is 0 Å². The third-order valence-corrected chi connectivity index (χ3v) is 4.77. The van der Waals surface area contributed by atoms with Crippen LogP contribution in [0, 0.1) is 0 Å². The summed E-state index contributed by atoms with van der Waals surface area (Å²) in [7, 11) is 0. The number of aliphatic hydroxyl groups is 1. The molecule has 1 atom stereocenters. The van der Waals surface area contributed by atoms with Crippen molar-refractivity contribution in [1.29, 1.82) is 0 Å². The Balaban J connectivity index is 1.55. The van der Waals surface area contributed by atoms with Crippen molar-refractivity contribution in [2.75, 3.05) is 13.2 Å². The highest BCUT2D eigenvalue weighted by atomic mass is 32.1. The number of aromatic nitrogens is 1. The van der Waals surface area contributed by atoms with Crippen molar-refractivity contribution in [3.05, 3.63) is 64.5 Å². The topological polar surface area (TPSA) is 75.4 Å². The molecule has 3 rings (SSSR count). The first-order valence-electron chi connectivity index (χ1n) is 8.21. The first-order chi connectivity index (χ1) is 12.3. The highest BCUT2D eigenvalue weighted by molar-refractivity contribution is 7.07. The van der Waals surface area contributed by atoms with E-state index < -0.39 is 0 Å². The Morgan fingerprint density at radius 2 is 2.08 bits per heavy atom. The van der Waals surface area contributed by atoms with Gasteiger partial charge >= 0.3 is 0 Å². The van der Waals surface area contributed by atoms with Crippen LogP contribution in [-0.2, 0) is 0 Å². The Hall–Kier alpha value is -2.44. The lowest BCUT2D eigenvalue weighted by atomic mass is 9.95. The van der Waals surface area contributed by atoms with Gasteiger partial charge in [-0.05, 0) is 41.1 Å². The number of aliphatic hydroxyl groups excluding tert-OH is 1. The van der Waals surface area contributed by atoms with E-state index in [-0.39, 0.29) is 24.1 Å². The Morgan fingerprint density at radius 1 is 1.24 bits per heavy atom. The molecular weight excluding hydrogens is 336 g/mol. The summed E-state index contributed by atoms with van der Waals surface area (Å²) in [5, 5.41) is 20.1. The van der Waals surface area contributed by atoms with Crippen molar-refractivity contribution in [2.24, 2.45) is 0 Å². The molecule has 25 heavy (non-hydrogen) atoms. The number of hydrogen-bond acceptors (Lipinski definition) is 5. The van der Waals surface area contributed by atoms with Gasteiger partial charge in [0.25, 0.3) is 5.91 Å². The van der Waals surface area contributed by atoms with Gasteiger partial charge in [0, 0.05) is 24.8 Å². The summed E-state index contributed by atoms with van der Waals surface area (Å²) in [6, 6.07) is 13.3. The molecule has 2 N–H and O–H groups in total. The van der Waals surface area contributed by atoms with Crippen molar-refractivity contribution in [1.82, 2.24) is 10.5 Å². The van der Waals surface area contributed by atoms with E-state index >= 15 is 0 Å². The van der Waals surface area contributed by atoms with E-state index in [1.54, 1.807) is 17.4 Å². The highest BCUT2D eigenvalue weighted by Gasteiger charge is 2.15. The second kappa shape index (κ2) is 8.60.